The third-order valence-electron chi connectivity index (χ3n) is 6.08. The lowest BCUT2D eigenvalue weighted by Crippen LogP contribution is -2.54. The van der Waals surface area contributed by atoms with Crippen molar-refractivity contribution in [2.24, 2.45) is 0 Å². The van der Waals surface area contributed by atoms with E-state index >= 15 is 0 Å². The molecule has 1 fully saturated rings. The zero-order valence-corrected chi connectivity index (χ0v) is 19.9. The summed E-state index contributed by atoms with van der Waals surface area (Å²) in [5.41, 5.74) is 5.18. The topological polar surface area (TPSA) is 69.7 Å². The fourth-order valence-electron chi connectivity index (χ4n) is 4.93. The van der Waals surface area contributed by atoms with Gasteiger partial charge in [-0.1, -0.05) is 24.3 Å². The quantitative estimate of drug-likeness (QED) is 0.531. The number of barbiturate groups is 1. The maximum absolute atomic E-state index is 13.2. The number of aryl methyl sites for hydroxylation is 1. The summed E-state index contributed by atoms with van der Waals surface area (Å²) in [6.07, 6.45) is 3.79. The molecule has 0 saturated carbocycles. The summed E-state index contributed by atoms with van der Waals surface area (Å²) < 4.78 is 0. The van der Waals surface area contributed by atoms with Crippen molar-refractivity contribution < 1.29 is 14.4 Å². The molecule has 1 saturated heterocycles. The van der Waals surface area contributed by atoms with Crippen LogP contribution in [0.5, 0.6) is 0 Å². The Morgan fingerprint density at radius 3 is 2.39 bits per heavy atom. The third kappa shape index (κ3) is 3.97. The zero-order chi connectivity index (χ0) is 24.1. The van der Waals surface area contributed by atoms with E-state index in [2.05, 4.69) is 50.9 Å². The highest BCUT2D eigenvalue weighted by atomic mass is 16.2. The molecule has 6 nitrogen and oxygen atoms in total. The van der Waals surface area contributed by atoms with Gasteiger partial charge >= 0.3 is 6.03 Å². The molecule has 33 heavy (non-hydrogen) atoms. The molecular formula is C27H29N3O3. The van der Waals surface area contributed by atoms with E-state index in [4.69, 9.17) is 0 Å². The zero-order valence-electron chi connectivity index (χ0n) is 19.9. The van der Waals surface area contributed by atoms with Crippen molar-refractivity contribution in [1.82, 2.24) is 5.32 Å². The van der Waals surface area contributed by atoms with Gasteiger partial charge in [0.1, 0.15) is 5.57 Å². The lowest BCUT2D eigenvalue weighted by molar-refractivity contribution is -0.122. The summed E-state index contributed by atoms with van der Waals surface area (Å²) in [6, 6.07) is 12.5. The van der Waals surface area contributed by atoms with Crippen molar-refractivity contribution in [2.45, 2.75) is 53.1 Å². The van der Waals surface area contributed by atoms with Crippen LogP contribution in [-0.4, -0.2) is 29.4 Å². The van der Waals surface area contributed by atoms with Gasteiger partial charge in [0.25, 0.3) is 11.8 Å². The molecule has 2 aromatic carbocycles. The molecule has 6 heteroatoms. The van der Waals surface area contributed by atoms with E-state index in [1.807, 2.05) is 31.2 Å². The van der Waals surface area contributed by atoms with Crippen molar-refractivity contribution in [1.29, 1.82) is 0 Å². The number of benzene rings is 2. The first-order chi connectivity index (χ1) is 15.5. The molecule has 2 aliphatic heterocycles. The van der Waals surface area contributed by atoms with Gasteiger partial charge in [0.05, 0.1) is 11.2 Å². The fourth-order valence-corrected chi connectivity index (χ4v) is 4.93. The van der Waals surface area contributed by atoms with E-state index in [9.17, 15) is 14.4 Å². The lowest BCUT2D eigenvalue weighted by Gasteiger charge is -2.46. The van der Waals surface area contributed by atoms with Crippen LogP contribution in [0.2, 0.25) is 0 Å². The molecule has 4 rings (SSSR count). The van der Waals surface area contributed by atoms with Crippen molar-refractivity contribution >= 4 is 40.9 Å². The smallest absolute Gasteiger partial charge is 0.335 e. The number of hydrogen-bond acceptors (Lipinski definition) is 4. The number of anilines is 2. The number of hydrogen-bond donors (Lipinski definition) is 1. The predicted molar refractivity (Wildman–Crippen MR) is 132 cm³/mol. The number of rotatable bonds is 3. The van der Waals surface area contributed by atoms with Gasteiger partial charge in [-0.25, -0.2) is 9.69 Å². The Labute approximate surface area is 194 Å². The Morgan fingerprint density at radius 1 is 1.00 bits per heavy atom. The molecular weight excluding hydrogens is 414 g/mol. The summed E-state index contributed by atoms with van der Waals surface area (Å²) >= 11 is 0. The van der Waals surface area contributed by atoms with Crippen LogP contribution >= 0.6 is 0 Å². The molecule has 0 spiro atoms. The number of carbonyl (C=O) groups is 3. The molecule has 0 aliphatic carbocycles. The van der Waals surface area contributed by atoms with Crippen molar-refractivity contribution in [3.8, 4) is 0 Å². The number of fused-ring (bicyclic) bond motifs is 1. The Morgan fingerprint density at radius 2 is 1.73 bits per heavy atom. The summed E-state index contributed by atoms with van der Waals surface area (Å²) in [5.74, 6) is -1.33. The van der Waals surface area contributed by atoms with E-state index in [-0.39, 0.29) is 11.1 Å². The Hall–Kier alpha value is -3.67. The summed E-state index contributed by atoms with van der Waals surface area (Å²) in [6.45, 7) is 12.7. The van der Waals surface area contributed by atoms with E-state index in [0.29, 0.717) is 11.7 Å². The highest BCUT2D eigenvalue weighted by Gasteiger charge is 2.37. The van der Waals surface area contributed by atoms with E-state index < -0.39 is 17.8 Å². The van der Waals surface area contributed by atoms with Gasteiger partial charge in [0, 0.05) is 17.3 Å². The molecule has 4 amide bonds. The first-order valence-electron chi connectivity index (χ1n) is 11.1. The van der Waals surface area contributed by atoms with Crippen molar-refractivity contribution in [3.63, 3.8) is 0 Å². The maximum Gasteiger partial charge on any atom is 0.335 e. The lowest BCUT2D eigenvalue weighted by atomic mass is 9.86. The fraction of sp³-hybridized carbons (Fsp3) is 0.296. The van der Waals surface area contributed by atoms with Gasteiger partial charge in [-0.15, -0.1) is 0 Å². The Balaban J connectivity index is 1.76. The highest BCUT2D eigenvalue weighted by molar-refractivity contribution is 6.39. The average Bonchev–Trinajstić information content (AvgIpc) is 2.70. The number of urea groups is 1. The number of allylic oxidation sites excluding steroid dienone is 1. The van der Waals surface area contributed by atoms with Gasteiger partial charge in [-0.2, -0.15) is 0 Å². The largest absolute Gasteiger partial charge is 0.360 e. The van der Waals surface area contributed by atoms with Crippen LogP contribution in [0.25, 0.3) is 11.6 Å². The second-order valence-corrected chi connectivity index (χ2v) is 9.52. The summed E-state index contributed by atoms with van der Waals surface area (Å²) in [7, 11) is 0. The molecule has 2 aromatic rings. The Kier molecular flexibility index (Phi) is 5.48. The van der Waals surface area contributed by atoms with Crippen LogP contribution in [0.15, 0.2) is 54.1 Å². The van der Waals surface area contributed by atoms with E-state index in [1.54, 1.807) is 24.3 Å². The third-order valence-corrected chi connectivity index (χ3v) is 6.08. The molecule has 0 radical (unpaired) electrons. The maximum atomic E-state index is 13.2. The van der Waals surface area contributed by atoms with Crippen molar-refractivity contribution in [2.75, 3.05) is 9.80 Å². The van der Waals surface area contributed by atoms with Gasteiger partial charge in [0.15, 0.2) is 0 Å². The van der Waals surface area contributed by atoms with Crippen LogP contribution in [-0.2, 0) is 9.59 Å². The normalized spacial score (nSPS) is 19.1. The van der Waals surface area contributed by atoms with E-state index in [0.717, 1.165) is 32.9 Å². The molecule has 2 aliphatic rings. The number of amides is 4. The number of imide groups is 2. The first-order valence-corrected chi connectivity index (χ1v) is 11.1. The second kappa shape index (κ2) is 8.03. The van der Waals surface area contributed by atoms with Crippen LogP contribution in [0.3, 0.4) is 0 Å². The average molecular weight is 444 g/mol. The number of nitrogens with one attached hydrogen (secondary N) is 1. The number of nitrogens with zero attached hydrogens (tertiary/aromatic N) is 2. The van der Waals surface area contributed by atoms with Crippen LogP contribution in [0.1, 0.15) is 51.3 Å². The van der Waals surface area contributed by atoms with Gasteiger partial charge < -0.3 is 4.90 Å². The first kappa shape index (κ1) is 22.5. The van der Waals surface area contributed by atoms with Gasteiger partial charge in [-0.05, 0) is 88.6 Å². The summed E-state index contributed by atoms with van der Waals surface area (Å²) in [4.78, 5) is 41.6. The molecule has 0 atom stereocenters. The standard InChI is InChI=1S/C27H29N3O3/c1-16(2)30-23-11-10-19(13-21(23)18(4)15-27(30,5)6)14-22-24(31)28-26(33)29(25(22)32)20-9-7-8-17(3)12-20/h7-16H,1-6H3,(H,28,31,33)/b22-14+. The monoisotopic (exact) mass is 443 g/mol. The molecule has 2 heterocycles. The van der Waals surface area contributed by atoms with Gasteiger partial charge in [0.2, 0.25) is 0 Å². The minimum absolute atomic E-state index is 0.0745. The van der Waals surface area contributed by atoms with Crippen LogP contribution < -0.4 is 15.1 Å². The Bertz CT molecular complexity index is 1240. The molecule has 0 bridgehead atoms. The number of carbonyl (C=O) groups excluding carboxylic acids is 3. The van der Waals surface area contributed by atoms with Crippen LogP contribution in [0, 0.1) is 6.92 Å². The minimum Gasteiger partial charge on any atom is -0.360 e. The molecule has 0 unspecified atom stereocenters. The predicted octanol–water partition coefficient (Wildman–Crippen LogP) is 5.07. The SMILES string of the molecule is CC1=CC(C)(C)N(C(C)C)c2ccc(/C=C3\C(=O)NC(=O)N(c4cccc(C)c4)C3=O)cc21. The van der Waals surface area contributed by atoms with E-state index in [1.165, 1.54) is 0 Å². The van der Waals surface area contributed by atoms with Gasteiger partial charge in [-0.3, -0.25) is 14.9 Å². The van der Waals surface area contributed by atoms with Crippen LogP contribution in [0.4, 0.5) is 16.2 Å². The summed E-state index contributed by atoms with van der Waals surface area (Å²) in [5, 5.41) is 2.29. The highest BCUT2D eigenvalue weighted by Crippen LogP contribution is 2.40. The van der Waals surface area contributed by atoms with Crippen molar-refractivity contribution in [3.05, 3.63) is 70.8 Å². The minimum atomic E-state index is -0.744. The molecule has 170 valence electrons. The molecule has 1 N–H and O–H groups in total. The second-order valence-electron chi connectivity index (χ2n) is 9.52. The molecule has 0 aromatic heterocycles.